The molecular formula is C10H10N4O4S. The first-order chi connectivity index (χ1) is 8.79. The number of carboxylic acid groups (broad SMARTS) is 1. The van der Waals surface area contributed by atoms with Crippen LogP contribution in [0.3, 0.4) is 0 Å². The van der Waals surface area contributed by atoms with Crippen molar-refractivity contribution < 1.29 is 18.3 Å². The van der Waals surface area contributed by atoms with Crippen LogP contribution in [0.1, 0.15) is 10.4 Å². The number of carboxylic acids is 1. The zero-order valence-electron chi connectivity index (χ0n) is 9.81. The third-order valence-electron chi connectivity index (χ3n) is 2.32. The largest absolute Gasteiger partial charge is 0.478 e. The highest BCUT2D eigenvalue weighted by molar-refractivity contribution is 7.90. The minimum atomic E-state index is -3.41. The minimum Gasteiger partial charge on any atom is -0.478 e. The zero-order chi connectivity index (χ0) is 14.2. The maximum absolute atomic E-state index is 11.3. The summed E-state index contributed by atoms with van der Waals surface area (Å²) in [7, 11) is -3.41. The Bertz CT molecular complexity index is 751. The van der Waals surface area contributed by atoms with Gasteiger partial charge in [0, 0.05) is 6.26 Å². The molecule has 0 aromatic carbocycles. The first kappa shape index (κ1) is 13.0. The Morgan fingerprint density at radius 3 is 2.63 bits per heavy atom. The molecule has 8 nitrogen and oxygen atoms in total. The lowest BCUT2D eigenvalue weighted by atomic mass is 10.2. The predicted octanol–water partition coefficient (Wildman–Crippen LogP) is -0.0488. The van der Waals surface area contributed by atoms with E-state index in [0.717, 1.165) is 17.1 Å². The van der Waals surface area contributed by atoms with Gasteiger partial charge in [-0.1, -0.05) is 0 Å². The Kier molecular flexibility index (Phi) is 2.98. The fourth-order valence-corrected chi connectivity index (χ4v) is 1.96. The number of aromatic nitrogens is 3. The molecule has 3 N–H and O–H groups in total. The molecule has 2 rings (SSSR count). The molecule has 0 saturated carbocycles. The van der Waals surface area contributed by atoms with Crippen LogP contribution in [0.15, 0.2) is 29.6 Å². The van der Waals surface area contributed by atoms with Crippen LogP contribution in [-0.4, -0.2) is 40.5 Å². The van der Waals surface area contributed by atoms with E-state index in [4.69, 9.17) is 10.8 Å². The summed E-state index contributed by atoms with van der Waals surface area (Å²) < 4.78 is 23.8. The fourth-order valence-electron chi connectivity index (χ4n) is 1.43. The van der Waals surface area contributed by atoms with Crippen molar-refractivity contribution in [1.82, 2.24) is 14.8 Å². The van der Waals surface area contributed by atoms with Gasteiger partial charge in [-0.3, -0.25) is 0 Å². The second-order valence-corrected chi connectivity index (χ2v) is 5.85. The smallest absolute Gasteiger partial charge is 0.339 e. The summed E-state index contributed by atoms with van der Waals surface area (Å²) >= 11 is 0. The number of rotatable bonds is 3. The second kappa shape index (κ2) is 4.35. The molecule has 0 unspecified atom stereocenters. The minimum absolute atomic E-state index is 0.00315. The van der Waals surface area contributed by atoms with Crippen LogP contribution in [-0.2, 0) is 9.84 Å². The Labute approximate surface area is 108 Å². The number of nitrogen functional groups attached to an aromatic ring is 1. The summed E-state index contributed by atoms with van der Waals surface area (Å²) in [5.41, 5.74) is 5.49. The fraction of sp³-hybridized carbons (Fsp3) is 0.100. The number of hydrogen-bond acceptors (Lipinski definition) is 6. The van der Waals surface area contributed by atoms with Crippen LogP contribution in [0.25, 0.3) is 5.82 Å². The highest BCUT2D eigenvalue weighted by Gasteiger charge is 2.17. The highest BCUT2D eigenvalue weighted by Crippen LogP contribution is 2.16. The molecule has 100 valence electrons. The van der Waals surface area contributed by atoms with Crippen molar-refractivity contribution >= 4 is 21.5 Å². The zero-order valence-corrected chi connectivity index (χ0v) is 10.6. The van der Waals surface area contributed by atoms with Crippen LogP contribution in [0, 0.1) is 0 Å². The molecule has 0 fully saturated rings. The molecule has 2 aromatic heterocycles. The van der Waals surface area contributed by atoms with Crippen molar-refractivity contribution in [1.29, 1.82) is 0 Å². The molecule has 0 amide bonds. The van der Waals surface area contributed by atoms with Crippen molar-refractivity contribution in [2.24, 2.45) is 0 Å². The van der Waals surface area contributed by atoms with Gasteiger partial charge in [-0.2, -0.15) is 5.10 Å². The lowest BCUT2D eigenvalue weighted by molar-refractivity contribution is 0.0696. The van der Waals surface area contributed by atoms with Gasteiger partial charge in [0.25, 0.3) is 0 Å². The third-order valence-corrected chi connectivity index (χ3v) is 3.39. The maximum atomic E-state index is 11.3. The van der Waals surface area contributed by atoms with Crippen molar-refractivity contribution in [2.75, 3.05) is 12.0 Å². The van der Waals surface area contributed by atoms with E-state index in [-0.39, 0.29) is 22.0 Å². The van der Waals surface area contributed by atoms with Gasteiger partial charge in [0.2, 0.25) is 0 Å². The Hall–Kier alpha value is -2.42. The van der Waals surface area contributed by atoms with Crippen LogP contribution < -0.4 is 5.73 Å². The number of sulfone groups is 1. The molecule has 0 atom stereocenters. The standard InChI is InChI=1S/C10H10N4O4S/c1-19(17,18)7-4-13-14(5-7)9-8(10(15)16)2-6(11)3-12-9/h2-5H,11H2,1H3,(H,15,16). The van der Waals surface area contributed by atoms with Gasteiger partial charge in [-0.15, -0.1) is 0 Å². The number of pyridine rings is 1. The predicted molar refractivity (Wildman–Crippen MR) is 65.8 cm³/mol. The van der Waals surface area contributed by atoms with E-state index in [1.54, 1.807) is 0 Å². The number of aromatic carboxylic acids is 1. The normalized spacial score (nSPS) is 11.4. The van der Waals surface area contributed by atoms with Crippen molar-refractivity contribution in [3.8, 4) is 5.82 Å². The summed E-state index contributed by atoms with van der Waals surface area (Å²) in [6.45, 7) is 0. The van der Waals surface area contributed by atoms with E-state index in [2.05, 4.69) is 10.1 Å². The monoisotopic (exact) mass is 282 g/mol. The van der Waals surface area contributed by atoms with Gasteiger partial charge in [0.05, 0.1) is 24.3 Å². The molecule has 19 heavy (non-hydrogen) atoms. The Morgan fingerprint density at radius 2 is 2.11 bits per heavy atom. The molecule has 0 radical (unpaired) electrons. The van der Waals surface area contributed by atoms with E-state index in [1.807, 2.05) is 0 Å². The van der Waals surface area contributed by atoms with Gasteiger partial charge < -0.3 is 10.8 Å². The van der Waals surface area contributed by atoms with E-state index < -0.39 is 15.8 Å². The Morgan fingerprint density at radius 1 is 1.42 bits per heavy atom. The molecule has 2 heterocycles. The Balaban J connectivity index is 2.60. The molecular weight excluding hydrogens is 272 g/mol. The summed E-state index contributed by atoms with van der Waals surface area (Å²) in [5, 5.41) is 12.9. The lowest BCUT2D eigenvalue weighted by Gasteiger charge is -2.05. The van der Waals surface area contributed by atoms with Crippen LogP contribution in [0.2, 0.25) is 0 Å². The molecule has 0 bridgehead atoms. The van der Waals surface area contributed by atoms with Gasteiger partial charge >= 0.3 is 5.97 Å². The number of anilines is 1. The molecule has 9 heteroatoms. The molecule has 0 aliphatic heterocycles. The van der Waals surface area contributed by atoms with Gasteiger partial charge in [0.15, 0.2) is 15.7 Å². The number of carbonyl (C=O) groups is 1. The highest BCUT2D eigenvalue weighted by atomic mass is 32.2. The lowest BCUT2D eigenvalue weighted by Crippen LogP contribution is -2.09. The summed E-state index contributed by atoms with van der Waals surface area (Å²) in [5.74, 6) is -1.23. The SMILES string of the molecule is CS(=O)(=O)c1cnn(-c2ncc(N)cc2C(=O)O)c1. The molecule has 0 aliphatic rings. The first-order valence-corrected chi connectivity index (χ1v) is 6.92. The summed E-state index contributed by atoms with van der Waals surface area (Å²) in [6, 6.07) is 1.23. The van der Waals surface area contributed by atoms with Crippen LogP contribution in [0.5, 0.6) is 0 Å². The number of nitrogens with two attached hydrogens (primary N) is 1. The molecule has 0 saturated heterocycles. The molecule has 0 aliphatic carbocycles. The van der Waals surface area contributed by atoms with Crippen LogP contribution >= 0.6 is 0 Å². The number of hydrogen-bond donors (Lipinski definition) is 2. The van der Waals surface area contributed by atoms with Crippen LogP contribution in [0.4, 0.5) is 5.69 Å². The average molecular weight is 282 g/mol. The topological polar surface area (TPSA) is 128 Å². The van der Waals surface area contributed by atoms with E-state index in [1.165, 1.54) is 18.5 Å². The van der Waals surface area contributed by atoms with Crippen molar-refractivity contribution in [3.05, 3.63) is 30.2 Å². The van der Waals surface area contributed by atoms with E-state index in [0.29, 0.717) is 0 Å². The average Bonchev–Trinajstić information content (AvgIpc) is 2.77. The summed E-state index contributed by atoms with van der Waals surface area (Å²) in [4.78, 5) is 14.9. The molecule has 0 spiro atoms. The second-order valence-electron chi connectivity index (χ2n) is 3.84. The first-order valence-electron chi connectivity index (χ1n) is 5.03. The number of nitrogens with zero attached hydrogens (tertiary/aromatic N) is 3. The van der Waals surface area contributed by atoms with Crippen molar-refractivity contribution in [2.45, 2.75) is 4.90 Å². The summed E-state index contributed by atoms with van der Waals surface area (Å²) in [6.07, 6.45) is 4.62. The van der Waals surface area contributed by atoms with Gasteiger partial charge in [-0.25, -0.2) is 22.9 Å². The van der Waals surface area contributed by atoms with E-state index >= 15 is 0 Å². The maximum Gasteiger partial charge on any atom is 0.339 e. The molecule has 2 aromatic rings. The van der Waals surface area contributed by atoms with Gasteiger partial charge in [-0.05, 0) is 6.07 Å². The van der Waals surface area contributed by atoms with Gasteiger partial charge in [0.1, 0.15) is 10.5 Å². The van der Waals surface area contributed by atoms with Crippen molar-refractivity contribution in [3.63, 3.8) is 0 Å². The quantitative estimate of drug-likeness (QED) is 0.807. The van der Waals surface area contributed by atoms with E-state index in [9.17, 15) is 13.2 Å². The third kappa shape index (κ3) is 2.55.